The summed E-state index contributed by atoms with van der Waals surface area (Å²) in [5.74, 6) is 0.342. The highest BCUT2D eigenvalue weighted by Crippen LogP contribution is 2.32. The molecule has 2 heterocycles. The van der Waals surface area contributed by atoms with Gasteiger partial charge in [-0.2, -0.15) is 0 Å². The number of hydrogen-bond acceptors (Lipinski definition) is 4. The van der Waals surface area contributed by atoms with Gasteiger partial charge in [0.05, 0.1) is 0 Å². The van der Waals surface area contributed by atoms with Gasteiger partial charge in [-0.3, -0.25) is 0 Å². The van der Waals surface area contributed by atoms with Gasteiger partial charge in [0.15, 0.2) is 0 Å². The fourth-order valence-electron chi connectivity index (χ4n) is 3.57. The van der Waals surface area contributed by atoms with Gasteiger partial charge in [0.1, 0.15) is 5.84 Å². The van der Waals surface area contributed by atoms with Crippen molar-refractivity contribution in [2.75, 3.05) is 13.6 Å². The van der Waals surface area contributed by atoms with E-state index in [1.165, 1.54) is 32.1 Å². The van der Waals surface area contributed by atoms with Crippen LogP contribution in [0.5, 0.6) is 0 Å². The number of nitrogens with zero attached hydrogens (tertiary/aromatic N) is 2. The van der Waals surface area contributed by atoms with E-state index in [1.54, 1.807) is 0 Å². The van der Waals surface area contributed by atoms with Crippen LogP contribution in [-0.4, -0.2) is 47.7 Å². The summed E-state index contributed by atoms with van der Waals surface area (Å²) in [6.07, 6.45) is 9.52. The molecule has 5 nitrogen and oxygen atoms in total. The minimum absolute atomic E-state index is 0.342. The van der Waals surface area contributed by atoms with Crippen LogP contribution >= 0.6 is 0 Å². The van der Waals surface area contributed by atoms with Crippen LogP contribution in [-0.2, 0) is 0 Å². The number of unbranched alkanes of at least 4 members (excludes halogenated alkanes) is 1. The minimum Gasteiger partial charge on any atom is -0.409 e. The Morgan fingerprint density at radius 1 is 1.32 bits per heavy atom. The lowest BCUT2D eigenvalue weighted by Crippen LogP contribution is -2.54. The van der Waals surface area contributed by atoms with Gasteiger partial charge in [-0.1, -0.05) is 11.6 Å². The Morgan fingerprint density at radius 2 is 2.00 bits per heavy atom. The Bertz CT molecular complexity index is 294. The summed E-state index contributed by atoms with van der Waals surface area (Å²) in [4.78, 5) is 2.60. The molecule has 0 aromatic heterocycles. The molecule has 110 valence electrons. The van der Waals surface area contributed by atoms with Crippen LogP contribution in [0, 0.1) is 0 Å². The third-order valence-electron chi connectivity index (χ3n) is 4.76. The van der Waals surface area contributed by atoms with Crippen LogP contribution in [0.3, 0.4) is 0 Å². The van der Waals surface area contributed by atoms with Crippen LogP contribution in [0.4, 0.5) is 0 Å². The van der Waals surface area contributed by atoms with E-state index >= 15 is 0 Å². The number of hydrogen-bond donors (Lipinski definition) is 3. The predicted molar refractivity (Wildman–Crippen MR) is 77.5 cm³/mol. The van der Waals surface area contributed by atoms with E-state index in [0.717, 1.165) is 31.5 Å². The highest BCUT2D eigenvalue weighted by molar-refractivity contribution is 5.79. The average Bonchev–Trinajstić information content (AvgIpc) is 2.39. The van der Waals surface area contributed by atoms with Crippen molar-refractivity contribution in [3.63, 3.8) is 0 Å². The number of nitrogens with one attached hydrogen (secondary N) is 1. The molecule has 2 atom stereocenters. The second-order valence-electron chi connectivity index (χ2n) is 6.07. The molecule has 2 saturated heterocycles. The zero-order chi connectivity index (χ0) is 13.7. The van der Waals surface area contributed by atoms with Gasteiger partial charge in [0.2, 0.25) is 0 Å². The minimum atomic E-state index is 0.342. The lowest BCUT2D eigenvalue weighted by atomic mass is 9.82. The number of nitrogens with two attached hydrogens (primary N) is 1. The third kappa shape index (κ3) is 4.08. The molecule has 0 aliphatic carbocycles. The molecular formula is C14H28N4O. The van der Waals surface area contributed by atoms with Crippen LogP contribution < -0.4 is 11.1 Å². The molecule has 2 bridgehead atoms. The fraction of sp³-hybridized carbons (Fsp3) is 0.929. The van der Waals surface area contributed by atoms with Gasteiger partial charge in [-0.25, -0.2) is 0 Å². The van der Waals surface area contributed by atoms with Gasteiger partial charge in [-0.15, -0.1) is 0 Å². The monoisotopic (exact) mass is 268 g/mol. The first kappa shape index (κ1) is 14.6. The fourth-order valence-corrected chi connectivity index (χ4v) is 3.57. The molecule has 0 aromatic carbocycles. The topological polar surface area (TPSA) is 73.9 Å². The molecule has 0 spiro atoms. The summed E-state index contributed by atoms with van der Waals surface area (Å²) in [7, 11) is 2.29. The summed E-state index contributed by atoms with van der Waals surface area (Å²) in [6.45, 7) is 1.05. The SMILES string of the molecule is CN1C2CCCC1CC(NCCCCC(N)=NO)C2. The Kier molecular flexibility index (Phi) is 5.45. The first-order valence-electron chi connectivity index (χ1n) is 7.62. The molecule has 2 aliphatic rings. The number of oxime groups is 1. The quantitative estimate of drug-likeness (QED) is 0.224. The third-order valence-corrected chi connectivity index (χ3v) is 4.76. The van der Waals surface area contributed by atoms with Crippen molar-refractivity contribution in [1.82, 2.24) is 10.2 Å². The molecule has 2 rings (SSSR count). The van der Waals surface area contributed by atoms with Crippen molar-refractivity contribution in [3.05, 3.63) is 0 Å². The number of rotatable bonds is 6. The molecular weight excluding hydrogens is 240 g/mol. The Morgan fingerprint density at radius 3 is 2.63 bits per heavy atom. The van der Waals surface area contributed by atoms with Crippen LogP contribution in [0.15, 0.2) is 5.16 Å². The summed E-state index contributed by atoms with van der Waals surface area (Å²) >= 11 is 0. The van der Waals surface area contributed by atoms with Crippen molar-refractivity contribution in [2.24, 2.45) is 10.9 Å². The van der Waals surface area contributed by atoms with E-state index in [9.17, 15) is 0 Å². The van der Waals surface area contributed by atoms with Crippen molar-refractivity contribution in [1.29, 1.82) is 0 Å². The van der Waals surface area contributed by atoms with Crippen molar-refractivity contribution < 1.29 is 5.21 Å². The highest BCUT2D eigenvalue weighted by atomic mass is 16.4. The van der Waals surface area contributed by atoms with Gasteiger partial charge < -0.3 is 21.2 Å². The van der Waals surface area contributed by atoms with E-state index in [2.05, 4.69) is 22.4 Å². The van der Waals surface area contributed by atoms with Crippen molar-refractivity contribution in [3.8, 4) is 0 Å². The van der Waals surface area contributed by atoms with E-state index in [4.69, 9.17) is 10.9 Å². The zero-order valence-electron chi connectivity index (χ0n) is 12.0. The number of amidine groups is 1. The summed E-state index contributed by atoms with van der Waals surface area (Å²) in [5.41, 5.74) is 5.45. The Hall–Kier alpha value is -0.810. The van der Waals surface area contributed by atoms with Gasteiger partial charge in [0.25, 0.3) is 0 Å². The standard InChI is InChI=1S/C14H28N4O/c1-18-12-5-4-6-13(18)10-11(9-12)16-8-3-2-7-14(15)17-19/h11-13,16,19H,2-10H2,1H3,(H2,15,17). The molecule has 0 radical (unpaired) electrons. The molecule has 0 saturated carbocycles. The van der Waals surface area contributed by atoms with Crippen LogP contribution in [0.25, 0.3) is 0 Å². The lowest BCUT2D eigenvalue weighted by Gasteiger charge is -2.47. The molecule has 5 heteroatoms. The molecule has 0 amide bonds. The van der Waals surface area contributed by atoms with Crippen molar-refractivity contribution >= 4 is 5.84 Å². The van der Waals surface area contributed by atoms with Gasteiger partial charge in [-0.05, 0) is 52.1 Å². The van der Waals surface area contributed by atoms with E-state index in [1.807, 2.05) is 0 Å². The largest absolute Gasteiger partial charge is 0.409 e. The predicted octanol–water partition coefficient (Wildman–Crippen LogP) is 1.51. The van der Waals surface area contributed by atoms with Crippen LogP contribution in [0.1, 0.15) is 51.4 Å². The highest BCUT2D eigenvalue weighted by Gasteiger charge is 2.35. The first-order valence-corrected chi connectivity index (χ1v) is 7.62. The average molecular weight is 268 g/mol. The van der Waals surface area contributed by atoms with E-state index in [-0.39, 0.29) is 0 Å². The lowest BCUT2D eigenvalue weighted by molar-refractivity contribution is 0.0486. The number of piperidine rings is 2. The molecule has 4 N–H and O–H groups in total. The normalized spacial score (nSPS) is 32.5. The maximum Gasteiger partial charge on any atom is 0.139 e. The van der Waals surface area contributed by atoms with E-state index in [0.29, 0.717) is 18.3 Å². The molecule has 2 fully saturated rings. The van der Waals surface area contributed by atoms with Gasteiger partial charge in [0, 0.05) is 24.5 Å². The Balaban J connectivity index is 1.62. The summed E-state index contributed by atoms with van der Waals surface area (Å²) in [6, 6.07) is 2.28. The van der Waals surface area contributed by atoms with Gasteiger partial charge >= 0.3 is 0 Å². The zero-order valence-corrected chi connectivity index (χ0v) is 12.0. The van der Waals surface area contributed by atoms with Crippen molar-refractivity contribution in [2.45, 2.75) is 69.5 Å². The second kappa shape index (κ2) is 7.10. The maximum atomic E-state index is 8.45. The van der Waals surface area contributed by atoms with E-state index < -0.39 is 0 Å². The molecule has 0 aromatic rings. The molecule has 2 unspecified atom stereocenters. The Labute approximate surface area is 116 Å². The first-order chi connectivity index (χ1) is 9.20. The molecule has 2 aliphatic heterocycles. The maximum absolute atomic E-state index is 8.45. The summed E-state index contributed by atoms with van der Waals surface area (Å²) in [5, 5.41) is 15.1. The smallest absolute Gasteiger partial charge is 0.139 e. The van der Waals surface area contributed by atoms with Crippen LogP contribution in [0.2, 0.25) is 0 Å². The molecule has 19 heavy (non-hydrogen) atoms. The number of fused-ring (bicyclic) bond motifs is 2. The second-order valence-corrected chi connectivity index (χ2v) is 6.07. The summed E-state index contributed by atoms with van der Waals surface area (Å²) < 4.78 is 0.